The van der Waals surface area contributed by atoms with Crippen molar-refractivity contribution in [1.82, 2.24) is 0 Å². The average molecular weight is 272 g/mol. The number of esters is 2. The summed E-state index contributed by atoms with van der Waals surface area (Å²) in [5.74, 6) is -3.11. The Balaban J connectivity index is 0. The zero-order chi connectivity index (χ0) is 12.6. The predicted molar refractivity (Wildman–Crippen MR) is 47.8 cm³/mol. The van der Waals surface area contributed by atoms with Crippen LogP contribution >= 0.6 is 0 Å². The van der Waals surface area contributed by atoms with Gasteiger partial charge in [0, 0.05) is 6.42 Å². The zero-order valence-corrected chi connectivity index (χ0v) is 12.9. The minimum absolute atomic E-state index is 0. The van der Waals surface area contributed by atoms with Gasteiger partial charge in [-0.2, -0.15) is 0 Å². The molecule has 0 fully saturated rings. The molecule has 1 unspecified atom stereocenters. The maximum absolute atomic E-state index is 10.8. The van der Waals surface area contributed by atoms with E-state index in [1.165, 1.54) is 0 Å². The molecule has 8 heteroatoms. The molecule has 0 spiro atoms. The Hall–Kier alpha value is 0.00636. The Morgan fingerprint density at radius 2 is 1.88 bits per heavy atom. The van der Waals surface area contributed by atoms with Gasteiger partial charge < -0.3 is 24.5 Å². The second kappa shape index (κ2) is 11.1. The summed E-state index contributed by atoms with van der Waals surface area (Å²) in [6.07, 6.45) is -1.72. The van der Waals surface area contributed by atoms with Crippen molar-refractivity contribution in [2.75, 3.05) is 13.2 Å². The molecule has 0 saturated carbocycles. The molecule has 1 N–H and O–H groups in total. The van der Waals surface area contributed by atoms with Gasteiger partial charge >= 0.3 is 63.3 Å². The normalized spacial score (nSPS) is 10.9. The van der Waals surface area contributed by atoms with Gasteiger partial charge in [-0.15, -0.1) is 0 Å². The summed E-state index contributed by atoms with van der Waals surface area (Å²) in [5.41, 5.74) is 0. The van der Waals surface area contributed by atoms with Gasteiger partial charge in [0.05, 0.1) is 19.0 Å². The smallest absolute Gasteiger partial charge is 0.550 e. The van der Waals surface area contributed by atoms with Crippen molar-refractivity contribution >= 4 is 17.9 Å². The van der Waals surface area contributed by atoms with Crippen LogP contribution in [0.1, 0.15) is 19.8 Å². The van der Waals surface area contributed by atoms with Crippen LogP contribution in [0.15, 0.2) is 0 Å². The van der Waals surface area contributed by atoms with Crippen molar-refractivity contribution < 1.29 is 85.5 Å². The number of carbonyl (C=O) groups is 3. The first-order chi connectivity index (χ1) is 7.49. The van der Waals surface area contributed by atoms with E-state index in [1.807, 2.05) is 0 Å². The second-order valence-corrected chi connectivity index (χ2v) is 2.88. The van der Waals surface area contributed by atoms with Crippen LogP contribution in [0.3, 0.4) is 0 Å². The molecule has 7 nitrogen and oxygen atoms in total. The van der Waals surface area contributed by atoms with Crippen molar-refractivity contribution in [3.05, 3.63) is 0 Å². The first-order valence-electron chi connectivity index (χ1n) is 4.65. The Labute approximate surface area is 141 Å². The van der Waals surface area contributed by atoms with Gasteiger partial charge in [-0.05, 0) is 0 Å². The van der Waals surface area contributed by atoms with Crippen molar-refractivity contribution in [2.45, 2.75) is 25.9 Å². The van der Waals surface area contributed by atoms with E-state index in [4.69, 9.17) is 5.11 Å². The molecule has 0 aromatic carbocycles. The number of aliphatic carboxylic acids is 1. The fourth-order valence-corrected chi connectivity index (χ4v) is 0.748. The predicted octanol–water partition coefficient (Wildman–Crippen LogP) is -5.01. The number of carbonyl (C=O) groups excluding carboxylic acids is 3. The van der Waals surface area contributed by atoms with Crippen LogP contribution in [0.25, 0.3) is 0 Å². The molecule has 0 saturated heterocycles. The minimum atomic E-state index is -1.56. The molecule has 92 valence electrons. The first kappa shape index (κ1) is 19.3. The molecule has 17 heavy (non-hydrogen) atoms. The minimum Gasteiger partial charge on any atom is -0.550 e. The van der Waals surface area contributed by atoms with Gasteiger partial charge in [0.25, 0.3) is 0 Å². The topological polar surface area (TPSA) is 113 Å². The van der Waals surface area contributed by atoms with Crippen LogP contribution < -0.4 is 56.5 Å². The average Bonchev–Trinajstić information content (AvgIpc) is 2.22. The van der Waals surface area contributed by atoms with Gasteiger partial charge in [-0.3, -0.25) is 9.59 Å². The van der Waals surface area contributed by atoms with Gasteiger partial charge in [0.2, 0.25) is 0 Å². The molecule has 0 bridgehead atoms. The molecule has 0 aliphatic carbocycles. The molecule has 0 aliphatic heterocycles. The Bertz CT molecular complexity index is 266. The summed E-state index contributed by atoms with van der Waals surface area (Å²) in [6.45, 7) is 0.678. The molecule has 1 atom stereocenters. The van der Waals surface area contributed by atoms with Crippen LogP contribution in [0.2, 0.25) is 0 Å². The molecule has 0 aromatic heterocycles. The quantitative estimate of drug-likeness (QED) is 0.280. The van der Waals surface area contributed by atoms with E-state index in [0.29, 0.717) is 0 Å². The van der Waals surface area contributed by atoms with E-state index in [0.717, 1.165) is 0 Å². The molecule has 0 radical (unpaired) electrons. The third-order valence-corrected chi connectivity index (χ3v) is 1.51. The maximum atomic E-state index is 10.8. The molecular formula is C9H13KO7. The van der Waals surface area contributed by atoms with Gasteiger partial charge in [-0.25, -0.2) is 0 Å². The molecule has 0 aliphatic rings. The standard InChI is InChI=1S/C9H14O7.K/c1-2-8(13)16-6(4-10)5-15-9(14)3-7(11)12;/h6,10H,2-5H2,1H3,(H,11,12);/q;+1/p-1. The Kier molecular flexibility index (Phi) is 12.7. The van der Waals surface area contributed by atoms with Crippen molar-refractivity contribution in [3.8, 4) is 0 Å². The van der Waals surface area contributed by atoms with Crippen molar-refractivity contribution in [1.29, 1.82) is 0 Å². The number of ether oxygens (including phenoxy) is 2. The summed E-state index contributed by atoms with van der Waals surface area (Å²) >= 11 is 0. The van der Waals surface area contributed by atoms with Gasteiger partial charge in [-0.1, -0.05) is 6.92 Å². The fourth-order valence-electron chi connectivity index (χ4n) is 0.748. The largest absolute Gasteiger partial charge is 1.00 e. The zero-order valence-electron chi connectivity index (χ0n) is 9.80. The van der Waals surface area contributed by atoms with Crippen LogP contribution in [0.5, 0.6) is 0 Å². The van der Waals surface area contributed by atoms with Gasteiger partial charge in [0.1, 0.15) is 6.61 Å². The molecule has 0 heterocycles. The second-order valence-electron chi connectivity index (χ2n) is 2.88. The summed E-state index contributed by atoms with van der Waals surface area (Å²) in [5, 5.41) is 18.8. The van der Waals surface area contributed by atoms with Gasteiger partial charge in [0.15, 0.2) is 6.10 Å². The van der Waals surface area contributed by atoms with E-state index < -0.39 is 37.0 Å². The summed E-state index contributed by atoms with van der Waals surface area (Å²) in [7, 11) is 0. The maximum Gasteiger partial charge on any atom is 1.00 e. The molecular weight excluding hydrogens is 259 g/mol. The number of hydrogen-bond acceptors (Lipinski definition) is 7. The summed E-state index contributed by atoms with van der Waals surface area (Å²) < 4.78 is 9.13. The number of carboxylic acids is 1. The third-order valence-electron chi connectivity index (χ3n) is 1.51. The van der Waals surface area contributed by atoms with Crippen LogP contribution in [0, 0.1) is 0 Å². The van der Waals surface area contributed by atoms with Crippen LogP contribution in [0.4, 0.5) is 0 Å². The number of aliphatic hydroxyl groups is 1. The van der Waals surface area contributed by atoms with E-state index >= 15 is 0 Å². The first-order valence-corrected chi connectivity index (χ1v) is 4.65. The SMILES string of the molecule is CCC(=O)OC(CO)COC(=O)CC(=O)[O-].[K+]. The monoisotopic (exact) mass is 272 g/mol. The third kappa shape index (κ3) is 10.9. The van der Waals surface area contributed by atoms with E-state index in [2.05, 4.69) is 9.47 Å². The van der Waals surface area contributed by atoms with E-state index in [9.17, 15) is 19.5 Å². The molecule has 0 rings (SSSR count). The number of carboxylic acid groups (broad SMARTS) is 1. The molecule has 0 amide bonds. The Morgan fingerprint density at radius 1 is 1.29 bits per heavy atom. The number of hydrogen-bond donors (Lipinski definition) is 1. The number of rotatable bonds is 7. The molecule has 0 aromatic rings. The van der Waals surface area contributed by atoms with E-state index in [-0.39, 0.29) is 64.4 Å². The van der Waals surface area contributed by atoms with Crippen LogP contribution in [-0.2, 0) is 23.9 Å². The fraction of sp³-hybridized carbons (Fsp3) is 0.667. The summed E-state index contributed by atoms with van der Waals surface area (Å²) in [6, 6.07) is 0. The Morgan fingerprint density at radius 3 is 2.29 bits per heavy atom. The van der Waals surface area contributed by atoms with Crippen LogP contribution in [-0.4, -0.2) is 42.3 Å². The van der Waals surface area contributed by atoms with Crippen molar-refractivity contribution in [2.24, 2.45) is 0 Å². The summed E-state index contributed by atoms with van der Waals surface area (Å²) in [4.78, 5) is 31.6. The number of aliphatic hydroxyl groups excluding tert-OH is 1. The van der Waals surface area contributed by atoms with E-state index in [1.54, 1.807) is 6.92 Å². The van der Waals surface area contributed by atoms with Crippen molar-refractivity contribution in [3.63, 3.8) is 0 Å².